The molecule has 2 N–H and O–H groups in total. The number of halogens is 1. The van der Waals surface area contributed by atoms with Gasteiger partial charge in [0.2, 0.25) is 5.91 Å². The van der Waals surface area contributed by atoms with Crippen LogP contribution in [0.1, 0.15) is 19.8 Å². The maximum Gasteiger partial charge on any atom is 0.244 e. The van der Waals surface area contributed by atoms with Gasteiger partial charge in [-0.05, 0) is 37.8 Å². The van der Waals surface area contributed by atoms with Gasteiger partial charge in [0.1, 0.15) is 6.54 Å². The van der Waals surface area contributed by atoms with Gasteiger partial charge in [-0.1, -0.05) is 18.2 Å². The molecule has 26 heavy (non-hydrogen) atoms. The van der Waals surface area contributed by atoms with Crippen LogP contribution in [0.5, 0.6) is 0 Å². The van der Waals surface area contributed by atoms with E-state index >= 15 is 0 Å². The van der Waals surface area contributed by atoms with E-state index in [-0.39, 0.29) is 36.4 Å². The zero-order valence-electron chi connectivity index (χ0n) is 15.5. The number of carbonyl (C=O) groups is 1. The van der Waals surface area contributed by atoms with Crippen LogP contribution in [0, 0.1) is 5.92 Å². The molecule has 0 unspecified atom stereocenters. The fourth-order valence-electron chi connectivity index (χ4n) is 3.00. The predicted molar refractivity (Wildman–Crippen MR) is 117 cm³/mol. The van der Waals surface area contributed by atoms with E-state index in [0.29, 0.717) is 0 Å². The molecule has 1 aromatic rings. The van der Waals surface area contributed by atoms with Gasteiger partial charge in [-0.25, -0.2) is 4.99 Å². The monoisotopic (exact) mass is 471 g/mol. The lowest BCUT2D eigenvalue weighted by Gasteiger charge is -2.36. The largest absolute Gasteiger partial charge is 0.368 e. The van der Waals surface area contributed by atoms with Crippen LogP contribution in [0.3, 0.4) is 0 Å². The van der Waals surface area contributed by atoms with Gasteiger partial charge in [0.05, 0.1) is 0 Å². The molecule has 144 valence electrons. The van der Waals surface area contributed by atoms with E-state index in [1.165, 1.54) is 18.5 Å². The van der Waals surface area contributed by atoms with Crippen molar-refractivity contribution in [2.24, 2.45) is 10.9 Å². The standard InChI is InChI=1S/C19H29N5O.HI/c1-2-20-19(21-14-16-8-9-16)22-15-18(25)24-12-10-23(11-13-24)17-6-4-3-5-7-17;/h3-7,16H,2,8-15H2,1H3,(H2,20,21,22);1H. The zero-order valence-corrected chi connectivity index (χ0v) is 17.8. The number of hydrogen-bond acceptors (Lipinski definition) is 3. The molecule has 1 aliphatic heterocycles. The van der Waals surface area contributed by atoms with Crippen molar-refractivity contribution in [2.75, 3.05) is 50.7 Å². The number of carbonyl (C=O) groups excluding carboxylic acids is 1. The number of aliphatic imine (C=N–C) groups is 1. The number of benzene rings is 1. The summed E-state index contributed by atoms with van der Waals surface area (Å²) in [5.74, 6) is 1.65. The van der Waals surface area contributed by atoms with E-state index in [2.05, 4.69) is 44.8 Å². The van der Waals surface area contributed by atoms with Crippen molar-refractivity contribution in [3.63, 3.8) is 0 Å². The molecule has 0 aromatic heterocycles. The fraction of sp³-hybridized carbons (Fsp3) is 0.579. The summed E-state index contributed by atoms with van der Waals surface area (Å²) in [6.45, 7) is 7.28. The molecule has 3 rings (SSSR count). The first-order valence-corrected chi connectivity index (χ1v) is 9.36. The van der Waals surface area contributed by atoms with Crippen LogP contribution in [-0.4, -0.2) is 62.6 Å². The van der Waals surface area contributed by atoms with Crippen molar-refractivity contribution in [1.82, 2.24) is 15.5 Å². The normalized spacial score (nSPS) is 17.5. The third-order valence-electron chi connectivity index (χ3n) is 4.73. The highest BCUT2D eigenvalue weighted by atomic mass is 127. The van der Waals surface area contributed by atoms with Crippen LogP contribution in [0.2, 0.25) is 0 Å². The Morgan fingerprint density at radius 2 is 1.81 bits per heavy atom. The highest BCUT2D eigenvalue weighted by Crippen LogP contribution is 2.27. The first-order valence-electron chi connectivity index (χ1n) is 9.36. The minimum atomic E-state index is 0. The van der Waals surface area contributed by atoms with Crippen molar-refractivity contribution in [3.05, 3.63) is 30.3 Å². The SMILES string of the molecule is CCNC(=NCC(=O)N1CCN(c2ccccc2)CC1)NCC1CC1.I. The Bertz CT molecular complexity index is 583. The van der Waals surface area contributed by atoms with Crippen LogP contribution in [0.25, 0.3) is 0 Å². The Hall–Kier alpha value is -1.51. The highest BCUT2D eigenvalue weighted by molar-refractivity contribution is 14.0. The quantitative estimate of drug-likeness (QED) is 0.378. The van der Waals surface area contributed by atoms with Gasteiger partial charge in [-0.2, -0.15) is 0 Å². The molecule has 2 fully saturated rings. The molecule has 1 aromatic carbocycles. The summed E-state index contributed by atoms with van der Waals surface area (Å²) in [6.07, 6.45) is 2.61. The lowest BCUT2D eigenvalue weighted by atomic mass is 10.2. The maximum absolute atomic E-state index is 12.4. The fourth-order valence-corrected chi connectivity index (χ4v) is 3.00. The van der Waals surface area contributed by atoms with Crippen molar-refractivity contribution in [1.29, 1.82) is 0 Å². The van der Waals surface area contributed by atoms with Crippen molar-refractivity contribution < 1.29 is 4.79 Å². The molecule has 0 atom stereocenters. The first-order chi connectivity index (χ1) is 12.3. The Labute approximate surface area is 173 Å². The van der Waals surface area contributed by atoms with Crippen molar-refractivity contribution >= 4 is 41.5 Å². The number of piperazine rings is 1. The molecule has 1 saturated heterocycles. The number of guanidine groups is 1. The van der Waals surface area contributed by atoms with Crippen LogP contribution >= 0.6 is 24.0 Å². The molecular weight excluding hydrogens is 441 g/mol. The number of nitrogens with one attached hydrogen (secondary N) is 2. The lowest BCUT2D eigenvalue weighted by molar-refractivity contribution is -0.129. The summed E-state index contributed by atoms with van der Waals surface area (Å²) in [5.41, 5.74) is 1.23. The van der Waals surface area contributed by atoms with Gasteiger partial charge in [0.15, 0.2) is 5.96 Å². The minimum absolute atomic E-state index is 0. The average molecular weight is 471 g/mol. The second-order valence-electron chi connectivity index (χ2n) is 6.72. The summed E-state index contributed by atoms with van der Waals surface area (Å²) in [7, 11) is 0. The second kappa shape index (κ2) is 10.6. The summed E-state index contributed by atoms with van der Waals surface area (Å²) < 4.78 is 0. The average Bonchev–Trinajstić information content (AvgIpc) is 3.49. The molecule has 0 bridgehead atoms. The molecule has 2 aliphatic rings. The molecule has 1 saturated carbocycles. The summed E-state index contributed by atoms with van der Waals surface area (Å²) in [5, 5.41) is 6.54. The third-order valence-corrected chi connectivity index (χ3v) is 4.73. The molecule has 7 heteroatoms. The Morgan fingerprint density at radius 1 is 1.12 bits per heavy atom. The van der Waals surface area contributed by atoms with Crippen LogP contribution < -0.4 is 15.5 Å². The number of hydrogen-bond donors (Lipinski definition) is 2. The smallest absolute Gasteiger partial charge is 0.244 e. The Balaban J connectivity index is 0.00000243. The van der Waals surface area contributed by atoms with E-state index in [1.807, 2.05) is 17.9 Å². The first kappa shape index (κ1) is 20.8. The van der Waals surface area contributed by atoms with Crippen LogP contribution in [-0.2, 0) is 4.79 Å². The molecular formula is C19H30IN5O. The maximum atomic E-state index is 12.4. The molecule has 0 radical (unpaired) electrons. The van der Waals surface area contributed by atoms with E-state index in [0.717, 1.165) is 51.1 Å². The van der Waals surface area contributed by atoms with E-state index in [4.69, 9.17) is 0 Å². The number of para-hydroxylation sites is 1. The number of nitrogens with zero attached hydrogens (tertiary/aromatic N) is 3. The van der Waals surface area contributed by atoms with Crippen LogP contribution in [0.15, 0.2) is 35.3 Å². The summed E-state index contributed by atoms with van der Waals surface area (Å²) in [6, 6.07) is 10.4. The third kappa shape index (κ3) is 6.34. The topological polar surface area (TPSA) is 60.0 Å². The van der Waals surface area contributed by atoms with E-state index < -0.39 is 0 Å². The summed E-state index contributed by atoms with van der Waals surface area (Å²) >= 11 is 0. The Kier molecular flexibility index (Phi) is 8.47. The molecule has 1 aliphatic carbocycles. The Morgan fingerprint density at radius 3 is 2.42 bits per heavy atom. The molecule has 0 spiro atoms. The number of rotatable bonds is 6. The number of anilines is 1. The van der Waals surface area contributed by atoms with E-state index in [9.17, 15) is 4.79 Å². The number of amides is 1. The molecule has 1 amide bonds. The lowest BCUT2D eigenvalue weighted by Crippen LogP contribution is -2.49. The minimum Gasteiger partial charge on any atom is -0.368 e. The van der Waals surface area contributed by atoms with Gasteiger partial charge < -0.3 is 20.4 Å². The molecule has 6 nitrogen and oxygen atoms in total. The molecule has 1 heterocycles. The summed E-state index contributed by atoms with van der Waals surface area (Å²) in [4.78, 5) is 21.2. The van der Waals surface area contributed by atoms with Gasteiger partial charge in [-0.15, -0.1) is 24.0 Å². The van der Waals surface area contributed by atoms with Crippen LogP contribution in [0.4, 0.5) is 5.69 Å². The van der Waals surface area contributed by atoms with Gasteiger partial charge >= 0.3 is 0 Å². The van der Waals surface area contributed by atoms with E-state index in [1.54, 1.807) is 0 Å². The van der Waals surface area contributed by atoms with Gasteiger partial charge in [-0.3, -0.25) is 4.79 Å². The van der Waals surface area contributed by atoms with Crippen molar-refractivity contribution in [2.45, 2.75) is 19.8 Å². The second-order valence-corrected chi connectivity index (χ2v) is 6.72. The van der Waals surface area contributed by atoms with Crippen molar-refractivity contribution in [3.8, 4) is 0 Å². The zero-order chi connectivity index (χ0) is 17.5. The highest BCUT2D eigenvalue weighted by Gasteiger charge is 2.22. The predicted octanol–water partition coefficient (Wildman–Crippen LogP) is 1.92. The van der Waals surface area contributed by atoms with Gasteiger partial charge in [0.25, 0.3) is 0 Å². The van der Waals surface area contributed by atoms with Gasteiger partial charge in [0, 0.05) is 45.0 Å².